The summed E-state index contributed by atoms with van der Waals surface area (Å²) < 4.78 is 27.6. The van der Waals surface area contributed by atoms with Crippen LogP contribution in [0.5, 0.6) is 0 Å². The number of benzene rings is 3. The van der Waals surface area contributed by atoms with Crippen LogP contribution in [-0.4, -0.2) is 19.2 Å². The van der Waals surface area contributed by atoms with Gasteiger partial charge < -0.3 is 5.32 Å². The summed E-state index contributed by atoms with van der Waals surface area (Å²) in [4.78, 5) is 22.9. The molecule has 160 valence electrons. The van der Waals surface area contributed by atoms with Crippen molar-refractivity contribution in [1.82, 2.24) is 0 Å². The van der Waals surface area contributed by atoms with Crippen LogP contribution < -0.4 is 10.0 Å². The molecule has 0 atom stereocenters. The Morgan fingerprint density at radius 1 is 1.00 bits per heavy atom. The molecule has 3 aromatic rings. The number of nitro benzene ring substituents is 1. The van der Waals surface area contributed by atoms with Crippen LogP contribution in [0.1, 0.15) is 15.9 Å². The fourth-order valence-corrected chi connectivity index (χ4v) is 4.07. The molecular weight excluding hydrogens is 465 g/mol. The van der Waals surface area contributed by atoms with Gasteiger partial charge in [-0.05, 0) is 48.9 Å². The average molecular weight is 480 g/mol. The summed E-state index contributed by atoms with van der Waals surface area (Å²) >= 11 is 11.7. The first kappa shape index (κ1) is 22.5. The summed E-state index contributed by atoms with van der Waals surface area (Å²) in [5.41, 5.74) is 1.05. The molecule has 8 nitrogen and oxygen atoms in total. The predicted molar refractivity (Wildman–Crippen MR) is 119 cm³/mol. The Hall–Kier alpha value is -3.14. The third-order valence-electron chi connectivity index (χ3n) is 4.26. The molecule has 3 rings (SSSR count). The minimum absolute atomic E-state index is 0.0880. The van der Waals surface area contributed by atoms with Crippen LogP contribution in [0.15, 0.2) is 65.6 Å². The van der Waals surface area contributed by atoms with E-state index in [1.807, 2.05) is 0 Å². The van der Waals surface area contributed by atoms with E-state index >= 15 is 0 Å². The van der Waals surface area contributed by atoms with Gasteiger partial charge in [0.1, 0.15) is 0 Å². The van der Waals surface area contributed by atoms with Gasteiger partial charge in [0.15, 0.2) is 0 Å². The van der Waals surface area contributed by atoms with Gasteiger partial charge in [0.05, 0.1) is 25.6 Å². The van der Waals surface area contributed by atoms with Crippen LogP contribution in [0.4, 0.5) is 17.1 Å². The first-order valence-corrected chi connectivity index (χ1v) is 10.9. The van der Waals surface area contributed by atoms with Crippen LogP contribution in [0.25, 0.3) is 0 Å². The van der Waals surface area contributed by atoms with Gasteiger partial charge in [0.25, 0.3) is 21.6 Å². The van der Waals surface area contributed by atoms with E-state index in [-0.39, 0.29) is 37.6 Å². The summed E-state index contributed by atoms with van der Waals surface area (Å²) in [7, 11) is -3.98. The second kappa shape index (κ2) is 8.93. The number of carbonyl (C=O) groups excluding carboxylic acids is 1. The van der Waals surface area contributed by atoms with Crippen molar-refractivity contribution in [2.45, 2.75) is 11.8 Å². The summed E-state index contributed by atoms with van der Waals surface area (Å²) in [6.07, 6.45) is 0. The van der Waals surface area contributed by atoms with Gasteiger partial charge in [-0.1, -0.05) is 35.3 Å². The molecule has 0 unspecified atom stereocenters. The lowest BCUT2D eigenvalue weighted by Gasteiger charge is -2.11. The van der Waals surface area contributed by atoms with Crippen molar-refractivity contribution in [1.29, 1.82) is 0 Å². The fourth-order valence-electron chi connectivity index (χ4n) is 2.63. The largest absolute Gasteiger partial charge is 0.321 e. The highest BCUT2D eigenvalue weighted by atomic mass is 35.5. The lowest BCUT2D eigenvalue weighted by atomic mass is 10.1. The van der Waals surface area contributed by atoms with Crippen molar-refractivity contribution in [2.24, 2.45) is 0 Å². The molecule has 0 spiro atoms. The number of nitrogens with one attached hydrogen (secondary N) is 2. The molecule has 0 radical (unpaired) electrons. The van der Waals surface area contributed by atoms with Crippen LogP contribution in [0, 0.1) is 17.0 Å². The molecule has 0 bridgehead atoms. The third kappa shape index (κ3) is 5.32. The Bertz CT molecular complexity index is 1300. The average Bonchev–Trinajstić information content (AvgIpc) is 2.71. The first-order chi connectivity index (χ1) is 14.6. The summed E-state index contributed by atoms with van der Waals surface area (Å²) in [6.45, 7) is 1.70. The zero-order valence-electron chi connectivity index (χ0n) is 15.9. The van der Waals surface area contributed by atoms with E-state index in [1.165, 1.54) is 60.7 Å². The number of hydrogen-bond donors (Lipinski definition) is 2. The van der Waals surface area contributed by atoms with Crippen molar-refractivity contribution in [2.75, 3.05) is 10.0 Å². The molecule has 11 heteroatoms. The second-order valence-corrected chi connectivity index (χ2v) is 8.97. The lowest BCUT2D eigenvalue weighted by molar-refractivity contribution is -0.384. The van der Waals surface area contributed by atoms with Gasteiger partial charge in [-0.15, -0.1) is 0 Å². The van der Waals surface area contributed by atoms with E-state index in [0.717, 1.165) is 0 Å². The monoisotopic (exact) mass is 479 g/mol. The molecule has 2 N–H and O–H groups in total. The minimum atomic E-state index is -3.98. The summed E-state index contributed by atoms with van der Waals surface area (Å²) in [5.74, 6) is -0.556. The number of nitrogens with zero attached hydrogens (tertiary/aromatic N) is 1. The summed E-state index contributed by atoms with van der Waals surface area (Å²) in [5, 5.41) is 13.9. The van der Waals surface area contributed by atoms with E-state index in [1.54, 1.807) is 6.92 Å². The Balaban J connectivity index is 1.83. The molecule has 0 saturated heterocycles. The Kier molecular flexibility index (Phi) is 6.49. The number of rotatable bonds is 6. The van der Waals surface area contributed by atoms with Crippen LogP contribution in [0.3, 0.4) is 0 Å². The highest BCUT2D eigenvalue weighted by Gasteiger charge is 2.17. The van der Waals surface area contributed by atoms with Gasteiger partial charge in [-0.25, -0.2) is 8.42 Å². The Morgan fingerprint density at radius 2 is 1.74 bits per heavy atom. The lowest BCUT2D eigenvalue weighted by Crippen LogP contribution is -2.15. The second-order valence-electron chi connectivity index (χ2n) is 6.47. The molecular formula is C20H15Cl2N3O5S. The number of hydrogen-bond acceptors (Lipinski definition) is 5. The SMILES string of the molecule is Cc1ccc([N+](=O)[O-])cc1NC(=O)c1cccc(NS(=O)(=O)c2ccc(Cl)c(Cl)c2)c1. The Labute approximate surface area is 188 Å². The minimum Gasteiger partial charge on any atom is -0.321 e. The smallest absolute Gasteiger partial charge is 0.271 e. The maximum Gasteiger partial charge on any atom is 0.271 e. The van der Waals surface area contributed by atoms with Crippen LogP contribution >= 0.6 is 23.2 Å². The van der Waals surface area contributed by atoms with Crippen molar-refractivity contribution in [3.63, 3.8) is 0 Å². The number of sulfonamides is 1. The molecule has 0 aliphatic carbocycles. The van der Waals surface area contributed by atoms with Gasteiger partial charge in [0, 0.05) is 23.4 Å². The maximum atomic E-state index is 12.6. The quantitative estimate of drug-likeness (QED) is 0.368. The van der Waals surface area contributed by atoms with E-state index in [9.17, 15) is 23.3 Å². The normalized spacial score (nSPS) is 11.1. The van der Waals surface area contributed by atoms with Crippen LogP contribution in [0.2, 0.25) is 10.0 Å². The molecule has 0 saturated carbocycles. The molecule has 0 heterocycles. The zero-order chi connectivity index (χ0) is 22.8. The molecule has 31 heavy (non-hydrogen) atoms. The number of aryl methyl sites for hydroxylation is 1. The van der Waals surface area contributed by atoms with Crippen LogP contribution in [-0.2, 0) is 10.0 Å². The van der Waals surface area contributed by atoms with E-state index < -0.39 is 20.9 Å². The number of non-ortho nitro benzene ring substituents is 1. The topological polar surface area (TPSA) is 118 Å². The van der Waals surface area contributed by atoms with E-state index in [0.29, 0.717) is 5.56 Å². The highest BCUT2D eigenvalue weighted by molar-refractivity contribution is 7.92. The highest BCUT2D eigenvalue weighted by Crippen LogP contribution is 2.27. The number of amides is 1. The standard InChI is InChI=1S/C20H15Cl2N3O5S/c1-12-5-6-15(25(27)28)10-19(12)23-20(26)13-3-2-4-14(9-13)24-31(29,30)16-7-8-17(21)18(22)11-16/h2-11,24H,1H3,(H,23,26). The maximum absolute atomic E-state index is 12.6. The summed E-state index contributed by atoms with van der Waals surface area (Å²) in [6, 6.07) is 13.8. The molecule has 0 fully saturated rings. The van der Waals surface area contributed by atoms with Gasteiger partial charge in [-0.2, -0.15) is 0 Å². The molecule has 0 aliphatic rings. The van der Waals surface area contributed by atoms with E-state index in [4.69, 9.17) is 23.2 Å². The third-order valence-corrected chi connectivity index (χ3v) is 6.38. The number of nitro groups is 1. The predicted octanol–water partition coefficient (Wildman–Crippen LogP) is 5.26. The van der Waals surface area contributed by atoms with Crippen molar-refractivity contribution < 1.29 is 18.1 Å². The van der Waals surface area contributed by atoms with Crippen molar-refractivity contribution in [3.05, 3.63) is 92.0 Å². The fraction of sp³-hybridized carbons (Fsp3) is 0.0500. The van der Waals surface area contributed by atoms with Crippen molar-refractivity contribution >= 4 is 56.2 Å². The molecule has 3 aromatic carbocycles. The number of halogens is 2. The van der Waals surface area contributed by atoms with Crippen molar-refractivity contribution in [3.8, 4) is 0 Å². The van der Waals surface area contributed by atoms with Gasteiger partial charge in [0.2, 0.25) is 0 Å². The van der Waals surface area contributed by atoms with Gasteiger partial charge in [-0.3, -0.25) is 19.6 Å². The molecule has 1 amide bonds. The zero-order valence-corrected chi connectivity index (χ0v) is 18.3. The molecule has 0 aliphatic heterocycles. The van der Waals surface area contributed by atoms with E-state index in [2.05, 4.69) is 10.0 Å². The van der Waals surface area contributed by atoms with Gasteiger partial charge >= 0.3 is 0 Å². The molecule has 0 aromatic heterocycles. The first-order valence-electron chi connectivity index (χ1n) is 8.71. The number of carbonyl (C=O) groups is 1. The number of anilines is 2. The Morgan fingerprint density at radius 3 is 2.42 bits per heavy atom.